The van der Waals surface area contributed by atoms with Gasteiger partial charge in [-0.05, 0) is 77.7 Å². The smallest absolute Gasteiger partial charge is 0.408 e. The topological polar surface area (TPSA) is 170 Å². The van der Waals surface area contributed by atoms with E-state index in [9.17, 15) is 33.4 Å². The second kappa shape index (κ2) is 12.2. The lowest BCUT2D eigenvalue weighted by Crippen LogP contribution is -2.43. The minimum Gasteiger partial charge on any atom is -0.489 e. The number of carbonyl (C=O) groups is 3. The lowest BCUT2D eigenvalue weighted by Gasteiger charge is -2.28. The molecule has 1 aliphatic carbocycles. The minimum atomic E-state index is -3.08. The monoisotopic (exact) mass is 619 g/mol. The number of amides is 1. The van der Waals surface area contributed by atoms with Crippen LogP contribution in [0.3, 0.4) is 0 Å². The molecular formula is C30H35F2N3O9. The predicted molar refractivity (Wildman–Crippen MR) is 152 cm³/mol. The highest BCUT2D eigenvalue weighted by Gasteiger charge is 2.44. The molecule has 1 amide bonds. The van der Waals surface area contributed by atoms with Crippen LogP contribution in [0.2, 0.25) is 0 Å². The van der Waals surface area contributed by atoms with E-state index in [1.807, 2.05) is 0 Å². The number of carboxylic acids is 2. The van der Waals surface area contributed by atoms with Crippen molar-refractivity contribution in [2.45, 2.75) is 77.7 Å². The molecular weight excluding hydrogens is 584 g/mol. The number of aromatic nitrogens is 1. The Morgan fingerprint density at radius 2 is 1.84 bits per heavy atom. The zero-order valence-corrected chi connectivity index (χ0v) is 24.9. The molecule has 3 unspecified atom stereocenters. The molecule has 0 saturated heterocycles. The van der Waals surface area contributed by atoms with Crippen LogP contribution in [-0.2, 0) is 20.7 Å². The van der Waals surface area contributed by atoms with E-state index in [2.05, 4.69) is 20.0 Å². The molecule has 2 aromatic rings. The summed E-state index contributed by atoms with van der Waals surface area (Å²) in [5.74, 6) is -2.34. The molecule has 238 valence electrons. The number of nitrogens with one attached hydrogen (secondary N) is 1. The van der Waals surface area contributed by atoms with Crippen molar-refractivity contribution in [3.8, 4) is 23.0 Å². The molecule has 44 heavy (non-hydrogen) atoms. The van der Waals surface area contributed by atoms with Gasteiger partial charge in [0.25, 0.3) is 0 Å². The van der Waals surface area contributed by atoms with Gasteiger partial charge in [0, 0.05) is 18.2 Å². The molecule has 2 heterocycles. The SMILES string of the molecule is CC(NC(=O)OC(C)(C)C)c1oc(-c2ccc(OC(F)F)c(OCC3CC3)c2)nc1CC1(C(=O)O)C=CC(C)(C(=O)O)C=N1. The van der Waals surface area contributed by atoms with E-state index in [1.165, 1.54) is 37.3 Å². The summed E-state index contributed by atoms with van der Waals surface area (Å²) < 4.78 is 47.9. The molecule has 12 nitrogen and oxygen atoms in total. The summed E-state index contributed by atoms with van der Waals surface area (Å²) in [5, 5.41) is 22.4. The highest BCUT2D eigenvalue weighted by atomic mass is 19.3. The third-order valence-corrected chi connectivity index (χ3v) is 6.97. The Balaban J connectivity index is 1.74. The molecule has 2 aliphatic rings. The Labute approximate surface area is 252 Å². The Kier molecular flexibility index (Phi) is 9.03. The van der Waals surface area contributed by atoms with Crippen LogP contribution in [-0.4, -0.2) is 63.8 Å². The maximum atomic E-state index is 13.1. The van der Waals surface area contributed by atoms with E-state index >= 15 is 0 Å². The average molecular weight is 620 g/mol. The fraction of sp³-hybridized carbons (Fsp3) is 0.500. The molecule has 3 atom stereocenters. The van der Waals surface area contributed by atoms with Crippen LogP contribution in [0, 0.1) is 11.3 Å². The summed E-state index contributed by atoms with van der Waals surface area (Å²) in [4.78, 5) is 45.4. The molecule has 4 rings (SSSR count). The molecule has 0 spiro atoms. The number of ether oxygens (including phenoxy) is 3. The zero-order valence-electron chi connectivity index (χ0n) is 24.9. The number of alkyl halides is 2. The lowest BCUT2D eigenvalue weighted by molar-refractivity contribution is -0.143. The van der Waals surface area contributed by atoms with Crippen molar-refractivity contribution in [1.29, 1.82) is 0 Å². The third-order valence-electron chi connectivity index (χ3n) is 6.97. The Morgan fingerprint density at radius 3 is 2.39 bits per heavy atom. The van der Waals surface area contributed by atoms with Crippen molar-refractivity contribution in [3.63, 3.8) is 0 Å². The molecule has 14 heteroatoms. The second-order valence-electron chi connectivity index (χ2n) is 12.1. The normalized spacial score (nSPS) is 22.0. The van der Waals surface area contributed by atoms with Gasteiger partial charge in [0.1, 0.15) is 16.8 Å². The molecule has 0 radical (unpaired) electrons. The molecule has 1 aromatic carbocycles. The predicted octanol–water partition coefficient (Wildman–Crippen LogP) is 5.41. The van der Waals surface area contributed by atoms with Gasteiger partial charge < -0.3 is 34.2 Å². The molecule has 1 aliphatic heterocycles. The average Bonchev–Trinajstić information content (AvgIpc) is 3.65. The number of oxazole rings is 1. The largest absolute Gasteiger partial charge is 0.489 e. The van der Waals surface area contributed by atoms with E-state index in [0.29, 0.717) is 18.1 Å². The number of carbonyl (C=O) groups excluding carboxylic acids is 1. The van der Waals surface area contributed by atoms with Crippen LogP contribution < -0.4 is 14.8 Å². The summed E-state index contributed by atoms with van der Waals surface area (Å²) in [6.45, 7) is 5.25. The van der Waals surface area contributed by atoms with Crippen molar-refractivity contribution in [1.82, 2.24) is 10.3 Å². The van der Waals surface area contributed by atoms with Crippen LogP contribution in [0.25, 0.3) is 11.5 Å². The standard InChI is InChI=1S/C30H35F2N3O9/c1-16(34-27(40)44-28(2,3)4)22-19(13-30(25(38)39)11-10-29(5,15-33-30)24(36)37)35-23(43-22)18-8-9-20(42-26(31)32)21(12-18)41-14-17-6-7-17/h8-12,15-17,26H,6-7,13-14H2,1-5H3,(H,34,40)(H,36,37)(H,38,39). The van der Waals surface area contributed by atoms with Crippen LogP contribution in [0.5, 0.6) is 11.5 Å². The van der Waals surface area contributed by atoms with E-state index < -0.39 is 47.2 Å². The Morgan fingerprint density at radius 1 is 1.14 bits per heavy atom. The van der Waals surface area contributed by atoms with Crippen molar-refractivity contribution in [3.05, 3.63) is 41.8 Å². The third kappa shape index (κ3) is 7.71. The Hall–Kier alpha value is -4.49. The van der Waals surface area contributed by atoms with Crippen molar-refractivity contribution in [2.75, 3.05) is 6.61 Å². The van der Waals surface area contributed by atoms with Crippen molar-refractivity contribution in [2.24, 2.45) is 16.3 Å². The first-order chi connectivity index (χ1) is 20.5. The summed E-state index contributed by atoms with van der Waals surface area (Å²) in [7, 11) is 0. The summed E-state index contributed by atoms with van der Waals surface area (Å²) in [6, 6.07) is 3.27. The van der Waals surface area contributed by atoms with E-state index in [0.717, 1.165) is 19.1 Å². The number of nitrogens with zero attached hydrogens (tertiary/aromatic N) is 2. The van der Waals surface area contributed by atoms with Gasteiger partial charge in [-0.25, -0.2) is 14.6 Å². The van der Waals surface area contributed by atoms with Crippen LogP contribution in [0.4, 0.5) is 13.6 Å². The number of aliphatic imine (C=N–C) groups is 1. The fourth-order valence-electron chi connectivity index (χ4n) is 4.28. The van der Waals surface area contributed by atoms with Gasteiger partial charge in [0.05, 0.1) is 18.3 Å². The van der Waals surface area contributed by atoms with E-state index in [-0.39, 0.29) is 35.3 Å². The maximum Gasteiger partial charge on any atom is 0.408 e. The van der Waals surface area contributed by atoms with Gasteiger partial charge >= 0.3 is 24.6 Å². The van der Waals surface area contributed by atoms with Crippen molar-refractivity contribution < 1.29 is 52.0 Å². The van der Waals surface area contributed by atoms with Gasteiger partial charge in [0.15, 0.2) is 17.0 Å². The molecule has 3 N–H and O–H groups in total. The number of dihydropyridines is 1. The number of carboxylic acid groups (broad SMARTS) is 2. The lowest BCUT2D eigenvalue weighted by atomic mass is 9.82. The van der Waals surface area contributed by atoms with E-state index in [1.54, 1.807) is 27.7 Å². The number of hydrogen-bond donors (Lipinski definition) is 3. The van der Waals surface area contributed by atoms with Gasteiger partial charge in [-0.3, -0.25) is 9.79 Å². The van der Waals surface area contributed by atoms with Crippen LogP contribution >= 0.6 is 0 Å². The van der Waals surface area contributed by atoms with E-state index in [4.69, 9.17) is 13.9 Å². The quantitative estimate of drug-likeness (QED) is 0.261. The summed E-state index contributed by atoms with van der Waals surface area (Å²) in [5.41, 5.74) is -3.85. The number of rotatable bonds is 12. The van der Waals surface area contributed by atoms with Crippen LogP contribution in [0.1, 0.15) is 65.0 Å². The summed E-state index contributed by atoms with van der Waals surface area (Å²) in [6.07, 6.45) is 4.28. The zero-order chi connectivity index (χ0) is 32.4. The molecule has 1 fully saturated rings. The number of hydrogen-bond acceptors (Lipinski definition) is 9. The van der Waals surface area contributed by atoms with Gasteiger partial charge in [0.2, 0.25) is 5.89 Å². The first-order valence-corrected chi connectivity index (χ1v) is 13.9. The first-order valence-electron chi connectivity index (χ1n) is 13.9. The maximum absolute atomic E-state index is 13.1. The van der Waals surface area contributed by atoms with Gasteiger partial charge in [-0.2, -0.15) is 8.78 Å². The number of alkyl carbamates (subject to hydrolysis) is 1. The fourth-order valence-corrected chi connectivity index (χ4v) is 4.28. The highest BCUT2D eigenvalue weighted by molar-refractivity contribution is 5.99. The number of benzene rings is 1. The number of halogens is 2. The van der Waals surface area contributed by atoms with Crippen molar-refractivity contribution >= 4 is 24.2 Å². The Bertz CT molecular complexity index is 1460. The summed E-state index contributed by atoms with van der Waals surface area (Å²) >= 11 is 0. The number of aliphatic carboxylic acids is 2. The molecule has 1 saturated carbocycles. The first kappa shape index (κ1) is 32.4. The van der Waals surface area contributed by atoms with Crippen LogP contribution in [0.15, 0.2) is 39.8 Å². The minimum absolute atomic E-state index is 0.0209. The molecule has 0 bridgehead atoms. The molecule has 1 aromatic heterocycles. The highest BCUT2D eigenvalue weighted by Crippen LogP contribution is 2.38. The second-order valence-corrected chi connectivity index (χ2v) is 12.1. The van der Waals surface area contributed by atoms with Gasteiger partial charge in [-0.15, -0.1) is 0 Å². The van der Waals surface area contributed by atoms with Gasteiger partial charge in [-0.1, -0.05) is 6.08 Å².